The number of likely N-dealkylation sites (N-methyl/N-ethyl adjacent to an activating group) is 1. The van der Waals surface area contributed by atoms with Crippen molar-refractivity contribution in [3.05, 3.63) is 29.3 Å². The normalized spacial score (nSPS) is 17.3. The third-order valence-electron chi connectivity index (χ3n) is 4.54. The lowest BCUT2D eigenvalue weighted by Gasteiger charge is -2.43. The molecule has 0 unspecified atom stereocenters. The summed E-state index contributed by atoms with van der Waals surface area (Å²) in [5.41, 5.74) is 0.0816. The molecule has 0 radical (unpaired) electrons. The van der Waals surface area contributed by atoms with Gasteiger partial charge in [-0.1, -0.05) is 43.0 Å². The lowest BCUT2D eigenvalue weighted by molar-refractivity contribution is -0.123. The van der Waals surface area contributed by atoms with Crippen LogP contribution in [-0.2, 0) is 4.79 Å². The number of amides is 1. The molecule has 5 heteroatoms. The molecule has 1 aromatic rings. The molecule has 0 heterocycles. The number of rotatable bonds is 6. The first-order valence-electron chi connectivity index (χ1n) is 7.85. The van der Waals surface area contributed by atoms with Crippen LogP contribution >= 0.6 is 11.6 Å². The largest absolute Gasteiger partial charge is 0.482 e. The predicted molar refractivity (Wildman–Crippen MR) is 89.5 cm³/mol. The van der Waals surface area contributed by atoms with E-state index in [-0.39, 0.29) is 18.1 Å². The highest BCUT2D eigenvalue weighted by Crippen LogP contribution is 2.31. The molecule has 1 fully saturated rings. The van der Waals surface area contributed by atoms with Gasteiger partial charge in [-0.05, 0) is 39.1 Å². The summed E-state index contributed by atoms with van der Waals surface area (Å²) >= 11 is 6.01. The van der Waals surface area contributed by atoms with Crippen molar-refractivity contribution in [3.8, 4) is 5.75 Å². The van der Waals surface area contributed by atoms with Crippen molar-refractivity contribution in [1.82, 2.24) is 10.2 Å². The summed E-state index contributed by atoms with van der Waals surface area (Å²) in [4.78, 5) is 14.3. The zero-order valence-corrected chi connectivity index (χ0v) is 14.2. The van der Waals surface area contributed by atoms with Gasteiger partial charge in [-0.2, -0.15) is 0 Å². The van der Waals surface area contributed by atoms with Gasteiger partial charge in [0.1, 0.15) is 5.75 Å². The fourth-order valence-corrected chi connectivity index (χ4v) is 3.20. The Morgan fingerprint density at radius 2 is 1.95 bits per heavy atom. The predicted octanol–water partition coefficient (Wildman–Crippen LogP) is 3.10. The fraction of sp³-hybridized carbons (Fsp3) is 0.588. The van der Waals surface area contributed by atoms with E-state index in [1.54, 1.807) is 12.1 Å². The summed E-state index contributed by atoms with van der Waals surface area (Å²) in [6, 6.07) is 7.18. The lowest BCUT2D eigenvalue weighted by Crippen LogP contribution is -2.54. The molecule has 1 aliphatic carbocycles. The number of hydrogen-bond donors (Lipinski definition) is 1. The third-order valence-corrected chi connectivity index (χ3v) is 4.86. The second-order valence-electron chi connectivity index (χ2n) is 6.18. The van der Waals surface area contributed by atoms with Crippen LogP contribution in [0.15, 0.2) is 24.3 Å². The Labute approximate surface area is 137 Å². The molecule has 0 aromatic heterocycles. The second-order valence-corrected chi connectivity index (χ2v) is 6.58. The molecule has 0 atom stereocenters. The molecule has 1 N–H and O–H groups in total. The van der Waals surface area contributed by atoms with Crippen molar-refractivity contribution in [1.29, 1.82) is 0 Å². The van der Waals surface area contributed by atoms with Crippen molar-refractivity contribution < 1.29 is 9.53 Å². The molecule has 0 aliphatic heterocycles. The Morgan fingerprint density at radius 3 is 2.59 bits per heavy atom. The summed E-state index contributed by atoms with van der Waals surface area (Å²) in [5.74, 6) is 0.436. The van der Waals surface area contributed by atoms with E-state index in [1.165, 1.54) is 19.3 Å². The Balaban J connectivity index is 1.83. The average molecular weight is 325 g/mol. The number of nitrogens with zero attached hydrogens (tertiary/aromatic N) is 1. The fourth-order valence-electron chi connectivity index (χ4n) is 3.01. The average Bonchev–Trinajstić information content (AvgIpc) is 2.53. The first kappa shape index (κ1) is 17.1. The quantitative estimate of drug-likeness (QED) is 0.874. The van der Waals surface area contributed by atoms with E-state index in [4.69, 9.17) is 16.3 Å². The molecule has 4 nitrogen and oxygen atoms in total. The molecule has 1 saturated carbocycles. The van der Waals surface area contributed by atoms with E-state index >= 15 is 0 Å². The van der Waals surface area contributed by atoms with E-state index in [0.717, 1.165) is 12.8 Å². The first-order valence-corrected chi connectivity index (χ1v) is 8.23. The van der Waals surface area contributed by atoms with Gasteiger partial charge in [0.05, 0.1) is 5.02 Å². The van der Waals surface area contributed by atoms with Crippen LogP contribution in [0.5, 0.6) is 5.75 Å². The minimum atomic E-state index is -0.105. The van der Waals surface area contributed by atoms with Gasteiger partial charge >= 0.3 is 0 Å². The van der Waals surface area contributed by atoms with Crippen LogP contribution in [0.2, 0.25) is 5.02 Å². The highest BCUT2D eigenvalue weighted by Gasteiger charge is 2.34. The van der Waals surface area contributed by atoms with E-state index in [0.29, 0.717) is 17.3 Å². The molecule has 1 amide bonds. The SMILES string of the molecule is CN(C)C1(CNC(=O)COc2ccccc2Cl)CCCCC1. The van der Waals surface area contributed by atoms with Crippen molar-refractivity contribution in [2.45, 2.75) is 37.6 Å². The number of hydrogen-bond acceptors (Lipinski definition) is 3. The second kappa shape index (κ2) is 7.84. The van der Waals surface area contributed by atoms with Crippen molar-refractivity contribution >= 4 is 17.5 Å². The minimum absolute atomic E-state index is 0.00670. The molecule has 122 valence electrons. The van der Waals surface area contributed by atoms with E-state index in [9.17, 15) is 4.79 Å². The maximum Gasteiger partial charge on any atom is 0.258 e. The van der Waals surface area contributed by atoms with Gasteiger partial charge in [-0.25, -0.2) is 0 Å². The van der Waals surface area contributed by atoms with Crippen LogP contribution in [0.1, 0.15) is 32.1 Å². The van der Waals surface area contributed by atoms with Gasteiger partial charge in [0.15, 0.2) is 6.61 Å². The summed E-state index contributed by atoms with van der Waals surface area (Å²) in [6.07, 6.45) is 6.00. The standard InChI is InChI=1S/C17H25ClN2O2/c1-20(2)17(10-6-3-7-11-17)13-19-16(21)12-22-15-9-5-4-8-14(15)18/h4-5,8-9H,3,6-7,10-13H2,1-2H3,(H,19,21). The van der Waals surface area contributed by atoms with E-state index in [2.05, 4.69) is 24.3 Å². The zero-order chi connectivity index (χ0) is 16.0. The highest BCUT2D eigenvalue weighted by molar-refractivity contribution is 6.32. The van der Waals surface area contributed by atoms with E-state index < -0.39 is 0 Å². The number of para-hydroxylation sites is 1. The molecule has 2 rings (SSSR count). The van der Waals surface area contributed by atoms with E-state index in [1.807, 2.05) is 12.1 Å². The van der Waals surface area contributed by atoms with Gasteiger partial charge in [0.25, 0.3) is 5.91 Å². The smallest absolute Gasteiger partial charge is 0.258 e. The summed E-state index contributed by atoms with van der Waals surface area (Å²) in [6.45, 7) is 0.665. The van der Waals surface area contributed by atoms with Crippen molar-refractivity contribution in [2.75, 3.05) is 27.2 Å². The zero-order valence-electron chi connectivity index (χ0n) is 13.4. The molecule has 1 aliphatic rings. The van der Waals surface area contributed by atoms with Crippen molar-refractivity contribution in [3.63, 3.8) is 0 Å². The number of ether oxygens (including phenoxy) is 1. The molecule has 22 heavy (non-hydrogen) atoms. The van der Waals surface area contributed by atoms with Crippen LogP contribution in [0, 0.1) is 0 Å². The maximum atomic E-state index is 12.0. The molecule has 0 bridgehead atoms. The Kier molecular flexibility index (Phi) is 6.09. The van der Waals surface area contributed by atoms with Gasteiger partial charge in [-0.15, -0.1) is 0 Å². The first-order chi connectivity index (χ1) is 10.5. The Bertz CT molecular complexity index is 499. The molecule has 0 saturated heterocycles. The summed E-state index contributed by atoms with van der Waals surface area (Å²) < 4.78 is 5.47. The Hall–Kier alpha value is -1.26. The molecule has 0 spiro atoms. The number of nitrogens with one attached hydrogen (secondary N) is 1. The van der Waals surface area contributed by atoms with Crippen LogP contribution in [0.3, 0.4) is 0 Å². The number of carbonyl (C=O) groups is 1. The molecule has 1 aromatic carbocycles. The molecular weight excluding hydrogens is 300 g/mol. The van der Waals surface area contributed by atoms with Gasteiger partial charge in [-0.3, -0.25) is 4.79 Å². The molecular formula is C17H25ClN2O2. The summed E-state index contributed by atoms with van der Waals surface area (Å²) in [7, 11) is 4.19. The maximum absolute atomic E-state index is 12.0. The lowest BCUT2D eigenvalue weighted by atomic mass is 9.80. The number of benzene rings is 1. The highest BCUT2D eigenvalue weighted by atomic mass is 35.5. The number of halogens is 1. The number of carbonyl (C=O) groups excluding carboxylic acids is 1. The monoisotopic (exact) mass is 324 g/mol. The summed E-state index contributed by atoms with van der Waals surface area (Å²) in [5, 5.41) is 3.54. The van der Waals surface area contributed by atoms with Gasteiger partial charge in [0, 0.05) is 12.1 Å². The van der Waals surface area contributed by atoms with Crippen LogP contribution in [-0.4, -0.2) is 43.6 Å². The topological polar surface area (TPSA) is 41.6 Å². The Morgan fingerprint density at radius 1 is 1.27 bits per heavy atom. The third kappa shape index (κ3) is 4.37. The van der Waals surface area contributed by atoms with Gasteiger partial charge < -0.3 is 15.0 Å². The van der Waals surface area contributed by atoms with Gasteiger partial charge in [0.2, 0.25) is 0 Å². The van der Waals surface area contributed by atoms with Crippen molar-refractivity contribution in [2.24, 2.45) is 0 Å². The van der Waals surface area contributed by atoms with Crippen LogP contribution in [0.25, 0.3) is 0 Å². The minimum Gasteiger partial charge on any atom is -0.482 e. The van der Waals surface area contributed by atoms with Crippen LogP contribution in [0.4, 0.5) is 0 Å². The van der Waals surface area contributed by atoms with Crippen LogP contribution < -0.4 is 10.1 Å².